The Kier molecular flexibility index (Phi) is 6.04. The van der Waals surface area contributed by atoms with Crippen LogP contribution in [0.5, 0.6) is 0 Å². The van der Waals surface area contributed by atoms with E-state index in [0.717, 1.165) is 12.1 Å². The predicted octanol–water partition coefficient (Wildman–Crippen LogP) is 3.86. The molecule has 1 aromatic carbocycles. The van der Waals surface area contributed by atoms with Crippen LogP contribution in [-0.2, 0) is 4.74 Å². The zero-order valence-corrected chi connectivity index (χ0v) is 15.3. The second-order valence-electron chi connectivity index (χ2n) is 6.58. The molecule has 0 radical (unpaired) electrons. The molecular weight excluding hydrogens is 334 g/mol. The second-order valence-corrected chi connectivity index (χ2v) is 6.96. The van der Waals surface area contributed by atoms with E-state index in [4.69, 9.17) is 17.0 Å². The van der Waals surface area contributed by atoms with Crippen molar-refractivity contribution in [3.63, 3.8) is 0 Å². The molecule has 6 heteroatoms. The maximum atomic E-state index is 12.5. The average molecular weight is 359 g/mol. The molecule has 2 atom stereocenters. The van der Waals surface area contributed by atoms with E-state index in [1.807, 2.05) is 30.3 Å². The molecule has 1 aromatic heterocycles. The van der Waals surface area contributed by atoms with Gasteiger partial charge in [0.2, 0.25) is 0 Å². The number of H-pyrrole nitrogens is 1. The van der Waals surface area contributed by atoms with Gasteiger partial charge in [-0.25, -0.2) is 0 Å². The van der Waals surface area contributed by atoms with Crippen molar-refractivity contribution in [1.29, 1.82) is 0 Å². The highest BCUT2D eigenvalue weighted by Crippen LogP contribution is 2.26. The first kappa shape index (κ1) is 17.9. The van der Waals surface area contributed by atoms with Crippen molar-refractivity contribution in [2.45, 2.75) is 38.7 Å². The second kappa shape index (κ2) is 8.45. The molecule has 1 heterocycles. The number of imidazole rings is 1. The summed E-state index contributed by atoms with van der Waals surface area (Å²) in [4.78, 5) is 15.5. The van der Waals surface area contributed by atoms with Crippen LogP contribution in [-0.4, -0.2) is 34.7 Å². The fourth-order valence-corrected chi connectivity index (χ4v) is 3.63. The molecule has 5 nitrogen and oxygen atoms in total. The number of para-hydroxylation sites is 1. The summed E-state index contributed by atoms with van der Waals surface area (Å²) < 4.78 is 8.20. The van der Waals surface area contributed by atoms with Gasteiger partial charge in [-0.15, -0.1) is 0 Å². The molecule has 2 aromatic rings. The highest BCUT2D eigenvalue weighted by molar-refractivity contribution is 7.71. The number of benzene rings is 1. The number of aromatic nitrogens is 2. The summed E-state index contributed by atoms with van der Waals surface area (Å²) in [6.07, 6.45) is 6.87. The van der Waals surface area contributed by atoms with Gasteiger partial charge in [-0.1, -0.05) is 38.0 Å². The molecule has 2 unspecified atom stereocenters. The van der Waals surface area contributed by atoms with Gasteiger partial charge in [0, 0.05) is 18.4 Å². The molecule has 1 aliphatic rings. The zero-order chi connectivity index (χ0) is 17.6. The summed E-state index contributed by atoms with van der Waals surface area (Å²) in [5.41, 5.74) is 1.37. The van der Waals surface area contributed by atoms with Gasteiger partial charge in [0.1, 0.15) is 5.69 Å². The number of nitrogens with zero attached hydrogens (tertiary/aromatic N) is 1. The SMILES string of the molecule is CC1CCCCC1OCCNC(=O)c1c[nH]c(=S)n1-c1ccccc1. The van der Waals surface area contributed by atoms with Crippen LogP contribution in [0, 0.1) is 10.7 Å². The normalized spacial score (nSPS) is 20.4. The number of aromatic amines is 1. The number of hydrogen-bond acceptors (Lipinski definition) is 3. The Morgan fingerprint density at radius 2 is 2.08 bits per heavy atom. The van der Waals surface area contributed by atoms with Crippen LogP contribution in [0.15, 0.2) is 36.5 Å². The molecule has 1 aliphatic carbocycles. The lowest BCUT2D eigenvalue weighted by atomic mass is 9.88. The molecule has 25 heavy (non-hydrogen) atoms. The van der Waals surface area contributed by atoms with Gasteiger partial charge >= 0.3 is 0 Å². The van der Waals surface area contributed by atoms with Gasteiger partial charge in [-0.2, -0.15) is 0 Å². The summed E-state index contributed by atoms with van der Waals surface area (Å²) in [6, 6.07) is 9.63. The number of amides is 1. The van der Waals surface area contributed by atoms with Gasteiger partial charge in [0.25, 0.3) is 5.91 Å². The van der Waals surface area contributed by atoms with Crippen molar-refractivity contribution in [2.24, 2.45) is 5.92 Å². The lowest BCUT2D eigenvalue weighted by molar-refractivity contribution is -0.00295. The molecule has 134 valence electrons. The first-order valence-electron chi connectivity index (χ1n) is 8.92. The zero-order valence-electron chi connectivity index (χ0n) is 14.5. The van der Waals surface area contributed by atoms with Gasteiger partial charge in [0.05, 0.1) is 12.7 Å². The number of nitrogens with one attached hydrogen (secondary N) is 2. The van der Waals surface area contributed by atoms with E-state index in [2.05, 4.69) is 17.2 Å². The predicted molar refractivity (Wildman–Crippen MR) is 101 cm³/mol. The van der Waals surface area contributed by atoms with Crippen molar-refractivity contribution in [3.8, 4) is 5.69 Å². The number of ether oxygens (including phenoxy) is 1. The third-order valence-electron chi connectivity index (χ3n) is 4.78. The van der Waals surface area contributed by atoms with Crippen LogP contribution in [0.25, 0.3) is 5.69 Å². The quantitative estimate of drug-likeness (QED) is 0.608. The van der Waals surface area contributed by atoms with Crippen molar-refractivity contribution in [2.75, 3.05) is 13.2 Å². The monoisotopic (exact) mass is 359 g/mol. The van der Waals surface area contributed by atoms with E-state index in [9.17, 15) is 4.79 Å². The Hall–Kier alpha value is -1.92. The van der Waals surface area contributed by atoms with E-state index >= 15 is 0 Å². The molecule has 0 aliphatic heterocycles. The number of hydrogen-bond donors (Lipinski definition) is 2. The molecular formula is C19H25N3O2S. The maximum Gasteiger partial charge on any atom is 0.269 e. The minimum Gasteiger partial charge on any atom is -0.376 e. The summed E-state index contributed by atoms with van der Waals surface area (Å²) in [6.45, 7) is 3.28. The molecule has 2 N–H and O–H groups in total. The Morgan fingerprint density at radius 3 is 2.84 bits per heavy atom. The van der Waals surface area contributed by atoms with Crippen LogP contribution in [0.1, 0.15) is 43.1 Å². The summed E-state index contributed by atoms with van der Waals surface area (Å²) in [7, 11) is 0. The van der Waals surface area contributed by atoms with E-state index < -0.39 is 0 Å². The standard InChI is InChI=1S/C19H25N3O2S/c1-14-7-5-6-10-17(14)24-12-11-20-18(23)16-13-21-19(25)22(16)15-8-3-2-4-9-15/h2-4,8-9,13-14,17H,5-7,10-12H2,1H3,(H,20,23)(H,21,25). The molecule has 3 rings (SSSR count). The van der Waals surface area contributed by atoms with Gasteiger partial charge in [0.15, 0.2) is 4.77 Å². The van der Waals surface area contributed by atoms with Gasteiger partial charge in [-0.05, 0) is 43.1 Å². The molecule has 1 amide bonds. The highest BCUT2D eigenvalue weighted by Gasteiger charge is 2.21. The molecule has 0 spiro atoms. The minimum absolute atomic E-state index is 0.156. The largest absolute Gasteiger partial charge is 0.376 e. The fourth-order valence-electron chi connectivity index (χ4n) is 3.36. The van der Waals surface area contributed by atoms with Crippen LogP contribution >= 0.6 is 12.2 Å². The molecule has 0 saturated heterocycles. The van der Waals surface area contributed by atoms with Crippen molar-refractivity contribution in [1.82, 2.24) is 14.9 Å². The van der Waals surface area contributed by atoms with Crippen molar-refractivity contribution >= 4 is 18.1 Å². The van der Waals surface area contributed by atoms with Crippen molar-refractivity contribution < 1.29 is 9.53 Å². The Morgan fingerprint density at radius 1 is 1.32 bits per heavy atom. The molecule has 1 fully saturated rings. The van der Waals surface area contributed by atoms with E-state index in [1.54, 1.807) is 10.8 Å². The average Bonchev–Trinajstić information content (AvgIpc) is 3.02. The Balaban J connectivity index is 1.56. The number of carbonyl (C=O) groups is 1. The van der Waals surface area contributed by atoms with Crippen LogP contribution in [0.4, 0.5) is 0 Å². The summed E-state index contributed by atoms with van der Waals surface area (Å²) in [5, 5.41) is 2.93. The first-order chi connectivity index (χ1) is 12.2. The highest BCUT2D eigenvalue weighted by atomic mass is 32.1. The van der Waals surface area contributed by atoms with Gasteiger partial charge in [-0.3, -0.25) is 9.36 Å². The van der Waals surface area contributed by atoms with Gasteiger partial charge < -0.3 is 15.0 Å². The topological polar surface area (TPSA) is 59.0 Å². The lowest BCUT2D eigenvalue weighted by Gasteiger charge is -2.28. The van der Waals surface area contributed by atoms with Crippen LogP contribution in [0.2, 0.25) is 0 Å². The fraction of sp³-hybridized carbons (Fsp3) is 0.474. The minimum atomic E-state index is -0.156. The third-order valence-corrected chi connectivity index (χ3v) is 5.08. The van der Waals surface area contributed by atoms with E-state index in [0.29, 0.717) is 35.6 Å². The Labute approximate surface area is 153 Å². The molecule has 0 bridgehead atoms. The Bertz CT molecular complexity index is 754. The van der Waals surface area contributed by atoms with Crippen molar-refractivity contribution in [3.05, 3.63) is 47.0 Å². The lowest BCUT2D eigenvalue weighted by Crippen LogP contribution is -2.32. The molecule has 1 saturated carbocycles. The third kappa shape index (κ3) is 4.38. The number of carbonyl (C=O) groups excluding carboxylic acids is 1. The van der Waals surface area contributed by atoms with Crippen LogP contribution < -0.4 is 5.32 Å². The van der Waals surface area contributed by atoms with Crippen LogP contribution in [0.3, 0.4) is 0 Å². The van der Waals surface area contributed by atoms with E-state index in [-0.39, 0.29) is 5.91 Å². The smallest absolute Gasteiger partial charge is 0.269 e. The van der Waals surface area contributed by atoms with E-state index in [1.165, 1.54) is 19.3 Å². The summed E-state index contributed by atoms with van der Waals surface area (Å²) in [5.74, 6) is 0.452. The summed E-state index contributed by atoms with van der Waals surface area (Å²) >= 11 is 5.31. The first-order valence-corrected chi connectivity index (χ1v) is 9.33. The maximum absolute atomic E-state index is 12.5. The number of rotatable bonds is 6.